The van der Waals surface area contributed by atoms with Gasteiger partial charge < -0.3 is 5.32 Å². The van der Waals surface area contributed by atoms with E-state index in [2.05, 4.69) is 5.32 Å². The van der Waals surface area contributed by atoms with Gasteiger partial charge in [0.05, 0.1) is 6.04 Å². The van der Waals surface area contributed by atoms with Crippen LogP contribution in [0.4, 0.5) is 18.9 Å². The van der Waals surface area contributed by atoms with Crippen LogP contribution in [-0.2, 0) is 6.42 Å². The van der Waals surface area contributed by atoms with Crippen molar-refractivity contribution in [2.75, 3.05) is 5.32 Å². The van der Waals surface area contributed by atoms with Crippen molar-refractivity contribution in [3.8, 4) is 0 Å². The summed E-state index contributed by atoms with van der Waals surface area (Å²) in [7, 11) is 0. The van der Waals surface area contributed by atoms with Crippen LogP contribution >= 0.6 is 0 Å². The SMILES string of the molecule is Fc1ccc2c(c1)CCC2Nc1c(F)cccc1F. The number of halogens is 3. The number of hydrogen-bond donors (Lipinski definition) is 1. The monoisotopic (exact) mass is 263 g/mol. The van der Waals surface area contributed by atoms with E-state index in [9.17, 15) is 13.2 Å². The molecule has 0 saturated heterocycles. The molecule has 1 aliphatic carbocycles. The number of hydrogen-bond acceptors (Lipinski definition) is 1. The van der Waals surface area contributed by atoms with E-state index in [0.717, 1.165) is 11.1 Å². The first-order valence-electron chi connectivity index (χ1n) is 6.14. The Bertz CT molecular complexity index is 605. The first-order valence-corrected chi connectivity index (χ1v) is 6.14. The molecule has 0 radical (unpaired) electrons. The molecular formula is C15H12F3N. The van der Waals surface area contributed by atoms with E-state index in [0.29, 0.717) is 12.8 Å². The summed E-state index contributed by atoms with van der Waals surface area (Å²) in [6.07, 6.45) is 1.41. The van der Waals surface area contributed by atoms with Crippen molar-refractivity contribution >= 4 is 5.69 Å². The Hall–Kier alpha value is -1.97. The van der Waals surface area contributed by atoms with Gasteiger partial charge in [0.25, 0.3) is 0 Å². The highest BCUT2D eigenvalue weighted by atomic mass is 19.1. The Morgan fingerprint density at radius 3 is 2.47 bits per heavy atom. The first kappa shape index (κ1) is 12.1. The standard InChI is InChI=1S/C15H12F3N/c16-10-5-6-11-9(8-10)4-7-14(11)19-15-12(17)2-1-3-13(15)18/h1-3,5-6,8,14,19H,4,7H2. The van der Waals surface area contributed by atoms with Crippen LogP contribution < -0.4 is 5.32 Å². The zero-order chi connectivity index (χ0) is 13.4. The van der Waals surface area contributed by atoms with Gasteiger partial charge in [-0.2, -0.15) is 0 Å². The fourth-order valence-corrected chi connectivity index (χ4v) is 2.55. The van der Waals surface area contributed by atoms with Crippen molar-refractivity contribution in [3.63, 3.8) is 0 Å². The van der Waals surface area contributed by atoms with E-state index in [1.165, 1.54) is 30.3 Å². The van der Waals surface area contributed by atoms with E-state index >= 15 is 0 Å². The third kappa shape index (κ3) is 2.18. The van der Waals surface area contributed by atoms with Gasteiger partial charge in [0, 0.05) is 0 Å². The summed E-state index contributed by atoms with van der Waals surface area (Å²) in [5, 5.41) is 2.88. The normalized spacial score (nSPS) is 17.3. The minimum absolute atomic E-state index is 0.121. The van der Waals surface area contributed by atoms with Crippen LogP contribution in [0.1, 0.15) is 23.6 Å². The molecule has 1 N–H and O–H groups in total. The molecule has 0 amide bonds. The van der Waals surface area contributed by atoms with Crippen LogP contribution in [0.3, 0.4) is 0 Å². The second kappa shape index (κ2) is 4.61. The number of para-hydroxylation sites is 1. The van der Waals surface area contributed by atoms with Crippen LogP contribution in [0.5, 0.6) is 0 Å². The maximum Gasteiger partial charge on any atom is 0.149 e. The summed E-state index contributed by atoms with van der Waals surface area (Å²) >= 11 is 0. The van der Waals surface area contributed by atoms with Crippen molar-refractivity contribution in [2.24, 2.45) is 0 Å². The van der Waals surface area contributed by atoms with Crippen molar-refractivity contribution < 1.29 is 13.2 Å². The fourth-order valence-electron chi connectivity index (χ4n) is 2.55. The molecule has 2 aromatic rings. The van der Waals surface area contributed by atoms with E-state index in [1.54, 1.807) is 6.07 Å². The number of fused-ring (bicyclic) bond motifs is 1. The number of rotatable bonds is 2. The van der Waals surface area contributed by atoms with Crippen LogP contribution in [0, 0.1) is 17.5 Å². The molecule has 0 spiro atoms. The Morgan fingerprint density at radius 1 is 1.00 bits per heavy atom. The highest BCUT2D eigenvalue weighted by Gasteiger charge is 2.24. The van der Waals surface area contributed by atoms with E-state index in [4.69, 9.17) is 0 Å². The minimum Gasteiger partial charge on any atom is -0.373 e. The molecule has 0 aromatic heterocycles. The van der Waals surface area contributed by atoms with Crippen molar-refractivity contribution in [2.45, 2.75) is 18.9 Å². The van der Waals surface area contributed by atoms with Gasteiger partial charge in [-0.25, -0.2) is 13.2 Å². The molecule has 98 valence electrons. The second-order valence-electron chi connectivity index (χ2n) is 4.68. The number of benzene rings is 2. The van der Waals surface area contributed by atoms with Gasteiger partial charge in [-0.3, -0.25) is 0 Å². The van der Waals surface area contributed by atoms with Crippen molar-refractivity contribution in [1.29, 1.82) is 0 Å². The van der Waals surface area contributed by atoms with Gasteiger partial charge in [0.2, 0.25) is 0 Å². The third-order valence-electron chi connectivity index (χ3n) is 3.46. The van der Waals surface area contributed by atoms with Gasteiger partial charge >= 0.3 is 0 Å². The summed E-state index contributed by atoms with van der Waals surface area (Å²) in [5.74, 6) is -1.51. The maximum atomic E-state index is 13.6. The summed E-state index contributed by atoms with van der Waals surface area (Å²) < 4.78 is 40.3. The average molecular weight is 263 g/mol. The van der Waals surface area contributed by atoms with Gasteiger partial charge in [0.1, 0.15) is 23.1 Å². The molecule has 0 bridgehead atoms. The zero-order valence-corrected chi connectivity index (χ0v) is 10.1. The summed E-state index contributed by atoms with van der Waals surface area (Å²) in [6, 6.07) is 8.10. The Labute approximate surface area is 109 Å². The molecule has 4 heteroatoms. The molecule has 3 rings (SSSR count). The van der Waals surface area contributed by atoms with Crippen LogP contribution in [-0.4, -0.2) is 0 Å². The molecule has 1 atom stereocenters. The second-order valence-corrected chi connectivity index (χ2v) is 4.68. The first-order chi connectivity index (χ1) is 9.15. The van der Waals surface area contributed by atoms with E-state index in [1.807, 2.05) is 0 Å². The van der Waals surface area contributed by atoms with Crippen LogP contribution in [0.15, 0.2) is 36.4 Å². The molecule has 0 heterocycles. The molecule has 2 aromatic carbocycles. The lowest BCUT2D eigenvalue weighted by atomic mass is 10.1. The predicted octanol–water partition coefficient (Wildman–Crippen LogP) is 4.20. The summed E-state index contributed by atoms with van der Waals surface area (Å²) in [5.41, 5.74) is 1.68. The maximum absolute atomic E-state index is 13.6. The zero-order valence-electron chi connectivity index (χ0n) is 10.1. The van der Waals surface area contributed by atoms with E-state index < -0.39 is 11.6 Å². The third-order valence-corrected chi connectivity index (χ3v) is 3.46. The quantitative estimate of drug-likeness (QED) is 0.856. The minimum atomic E-state index is -0.615. The Balaban J connectivity index is 1.91. The summed E-state index contributed by atoms with van der Waals surface area (Å²) in [4.78, 5) is 0. The molecule has 1 aliphatic rings. The van der Waals surface area contributed by atoms with Gasteiger partial charge in [-0.05, 0) is 48.2 Å². The molecule has 0 saturated carbocycles. The lowest BCUT2D eigenvalue weighted by Crippen LogP contribution is -2.10. The highest BCUT2D eigenvalue weighted by Crippen LogP contribution is 2.35. The summed E-state index contributed by atoms with van der Waals surface area (Å²) in [6.45, 7) is 0. The molecule has 1 unspecified atom stereocenters. The largest absolute Gasteiger partial charge is 0.373 e. The van der Waals surface area contributed by atoms with Crippen molar-refractivity contribution in [3.05, 3.63) is 65.0 Å². The van der Waals surface area contributed by atoms with Gasteiger partial charge in [-0.15, -0.1) is 0 Å². The molecule has 0 fully saturated rings. The molecular weight excluding hydrogens is 251 g/mol. The molecule has 0 aliphatic heterocycles. The fraction of sp³-hybridized carbons (Fsp3) is 0.200. The smallest absolute Gasteiger partial charge is 0.149 e. The Kier molecular flexibility index (Phi) is 2.93. The number of nitrogens with one attached hydrogen (secondary N) is 1. The lowest BCUT2D eigenvalue weighted by Gasteiger charge is -2.16. The van der Waals surface area contributed by atoms with Crippen LogP contribution in [0.25, 0.3) is 0 Å². The number of aryl methyl sites for hydroxylation is 1. The molecule has 1 nitrogen and oxygen atoms in total. The molecule has 19 heavy (non-hydrogen) atoms. The topological polar surface area (TPSA) is 12.0 Å². The predicted molar refractivity (Wildman–Crippen MR) is 67.4 cm³/mol. The van der Waals surface area contributed by atoms with Crippen molar-refractivity contribution in [1.82, 2.24) is 0 Å². The average Bonchev–Trinajstić information content (AvgIpc) is 2.76. The number of anilines is 1. The Morgan fingerprint density at radius 2 is 1.74 bits per heavy atom. The van der Waals surface area contributed by atoms with Gasteiger partial charge in [0.15, 0.2) is 0 Å². The highest BCUT2D eigenvalue weighted by molar-refractivity contribution is 5.50. The lowest BCUT2D eigenvalue weighted by molar-refractivity contribution is 0.581. The van der Waals surface area contributed by atoms with E-state index in [-0.39, 0.29) is 17.5 Å². The van der Waals surface area contributed by atoms with Crippen LogP contribution in [0.2, 0.25) is 0 Å². The van der Waals surface area contributed by atoms with Gasteiger partial charge in [-0.1, -0.05) is 12.1 Å².